The fourth-order valence-electron chi connectivity index (χ4n) is 1.97. The third kappa shape index (κ3) is 2.71. The molecule has 0 fully saturated rings. The van der Waals surface area contributed by atoms with Crippen molar-refractivity contribution >= 4 is 12.0 Å². The van der Waals surface area contributed by atoms with Gasteiger partial charge < -0.3 is 20.9 Å². The number of hydrogen-bond acceptors (Lipinski definition) is 3. The number of nitrogens with two attached hydrogens (primary N) is 1. The van der Waals surface area contributed by atoms with E-state index in [2.05, 4.69) is 5.32 Å². The summed E-state index contributed by atoms with van der Waals surface area (Å²) in [5.74, 6) is 0.162. The second-order valence-corrected chi connectivity index (χ2v) is 4.15. The molecule has 1 unspecified atom stereocenters. The van der Waals surface area contributed by atoms with E-state index in [1.807, 2.05) is 18.2 Å². The first-order chi connectivity index (χ1) is 8.56. The zero-order valence-electron chi connectivity index (χ0n) is 9.68. The van der Waals surface area contributed by atoms with Gasteiger partial charge >= 0.3 is 6.09 Å². The van der Waals surface area contributed by atoms with E-state index in [1.165, 1.54) is 0 Å². The lowest BCUT2D eigenvalue weighted by molar-refractivity contribution is -0.119. The minimum atomic E-state index is -1.26. The SMILES string of the molecule is NC(=O)C(Cc1ccc2c(c1)CCO2)NC(=O)O. The number of primary amides is 1. The van der Waals surface area contributed by atoms with Gasteiger partial charge in [0.2, 0.25) is 5.91 Å². The molecule has 2 amide bonds. The predicted octanol–water partition coefficient (Wildman–Crippen LogP) is 0.285. The van der Waals surface area contributed by atoms with Crippen LogP contribution in [0, 0.1) is 0 Å². The Morgan fingerprint density at radius 3 is 2.94 bits per heavy atom. The Morgan fingerprint density at radius 1 is 1.50 bits per heavy atom. The number of nitrogens with one attached hydrogen (secondary N) is 1. The fourth-order valence-corrected chi connectivity index (χ4v) is 1.97. The number of rotatable bonds is 4. The minimum absolute atomic E-state index is 0.245. The molecule has 1 aliphatic rings. The number of ether oxygens (including phenoxy) is 1. The lowest BCUT2D eigenvalue weighted by Crippen LogP contribution is -2.45. The topological polar surface area (TPSA) is 102 Å². The number of benzene rings is 1. The average Bonchev–Trinajstić information content (AvgIpc) is 2.74. The van der Waals surface area contributed by atoms with Crippen molar-refractivity contribution in [3.8, 4) is 5.75 Å². The maximum Gasteiger partial charge on any atom is 0.405 e. The van der Waals surface area contributed by atoms with Crippen molar-refractivity contribution in [3.05, 3.63) is 29.3 Å². The summed E-state index contributed by atoms with van der Waals surface area (Å²) in [5, 5.41) is 10.7. The first-order valence-electron chi connectivity index (χ1n) is 5.59. The van der Waals surface area contributed by atoms with Gasteiger partial charge in [-0.1, -0.05) is 12.1 Å². The molecule has 1 aromatic carbocycles. The molecule has 2 rings (SSSR count). The number of carbonyl (C=O) groups excluding carboxylic acids is 1. The minimum Gasteiger partial charge on any atom is -0.493 e. The van der Waals surface area contributed by atoms with Crippen LogP contribution >= 0.6 is 0 Å². The van der Waals surface area contributed by atoms with Gasteiger partial charge in [0.15, 0.2) is 0 Å². The molecule has 0 spiro atoms. The quantitative estimate of drug-likeness (QED) is 0.714. The monoisotopic (exact) mass is 250 g/mol. The first-order valence-corrected chi connectivity index (χ1v) is 5.59. The maximum atomic E-state index is 11.1. The molecule has 0 aromatic heterocycles. The molecule has 0 radical (unpaired) electrons. The van der Waals surface area contributed by atoms with Crippen LogP contribution in [0.25, 0.3) is 0 Å². The summed E-state index contributed by atoms with van der Waals surface area (Å²) in [6.45, 7) is 0.658. The summed E-state index contributed by atoms with van der Waals surface area (Å²) < 4.78 is 5.37. The lowest BCUT2D eigenvalue weighted by atomic mass is 10.0. The highest BCUT2D eigenvalue weighted by molar-refractivity contribution is 5.84. The van der Waals surface area contributed by atoms with E-state index in [0.717, 1.165) is 23.3 Å². The average molecular weight is 250 g/mol. The van der Waals surface area contributed by atoms with Gasteiger partial charge in [0.25, 0.3) is 0 Å². The number of amides is 2. The molecule has 1 aliphatic heterocycles. The fraction of sp³-hybridized carbons (Fsp3) is 0.333. The largest absolute Gasteiger partial charge is 0.493 e. The van der Waals surface area contributed by atoms with Crippen LogP contribution in [0.2, 0.25) is 0 Å². The van der Waals surface area contributed by atoms with E-state index >= 15 is 0 Å². The molecule has 4 N–H and O–H groups in total. The second kappa shape index (κ2) is 4.95. The highest BCUT2D eigenvalue weighted by atomic mass is 16.5. The molecule has 1 heterocycles. The summed E-state index contributed by atoms with van der Waals surface area (Å²) in [5.41, 5.74) is 7.09. The van der Waals surface area contributed by atoms with Gasteiger partial charge in [-0.15, -0.1) is 0 Å². The summed E-state index contributed by atoms with van der Waals surface area (Å²) in [6, 6.07) is 4.64. The number of hydrogen-bond donors (Lipinski definition) is 3. The van der Waals surface area contributed by atoms with Gasteiger partial charge in [0.05, 0.1) is 6.61 Å². The summed E-state index contributed by atoms with van der Waals surface area (Å²) >= 11 is 0. The molecule has 0 saturated carbocycles. The van der Waals surface area contributed by atoms with Crippen LogP contribution in [0.3, 0.4) is 0 Å². The summed E-state index contributed by atoms with van der Waals surface area (Å²) in [4.78, 5) is 21.7. The Kier molecular flexibility index (Phi) is 3.36. The Morgan fingerprint density at radius 2 is 2.28 bits per heavy atom. The van der Waals surface area contributed by atoms with Crippen molar-refractivity contribution in [1.82, 2.24) is 5.32 Å². The van der Waals surface area contributed by atoms with Crippen molar-refractivity contribution in [1.29, 1.82) is 0 Å². The first kappa shape index (κ1) is 12.2. The van der Waals surface area contributed by atoms with E-state index in [0.29, 0.717) is 6.61 Å². The summed E-state index contributed by atoms with van der Waals surface area (Å²) in [7, 11) is 0. The highest BCUT2D eigenvalue weighted by Gasteiger charge is 2.19. The van der Waals surface area contributed by atoms with Gasteiger partial charge in [-0.3, -0.25) is 4.79 Å². The summed E-state index contributed by atoms with van der Waals surface area (Å²) in [6.07, 6.45) is -0.186. The third-order valence-electron chi connectivity index (χ3n) is 2.83. The Hall–Kier alpha value is -2.24. The standard InChI is InChI=1S/C12H14N2O4/c13-11(15)9(14-12(16)17)6-7-1-2-10-8(5-7)3-4-18-10/h1-2,5,9,14H,3-4,6H2,(H2,13,15)(H,16,17). The van der Waals surface area contributed by atoms with Gasteiger partial charge in [0.1, 0.15) is 11.8 Å². The smallest absolute Gasteiger partial charge is 0.405 e. The molecule has 1 atom stereocenters. The molecule has 1 aromatic rings. The van der Waals surface area contributed by atoms with Crippen LogP contribution in [0.1, 0.15) is 11.1 Å². The van der Waals surface area contributed by atoms with Gasteiger partial charge in [-0.25, -0.2) is 4.79 Å². The van der Waals surface area contributed by atoms with E-state index in [1.54, 1.807) is 0 Å². The van der Waals surface area contributed by atoms with Crippen LogP contribution < -0.4 is 15.8 Å². The Bertz CT molecular complexity index is 487. The molecular weight excluding hydrogens is 236 g/mol. The Labute approximate surface area is 104 Å². The molecule has 0 bridgehead atoms. The van der Waals surface area contributed by atoms with Crippen LogP contribution in [0.15, 0.2) is 18.2 Å². The van der Waals surface area contributed by atoms with Crippen molar-refractivity contribution in [3.63, 3.8) is 0 Å². The molecular formula is C12H14N2O4. The van der Waals surface area contributed by atoms with Gasteiger partial charge in [-0.2, -0.15) is 0 Å². The zero-order chi connectivity index (χ0) is 13.1. The van der Waals surface area contributed by atoms with Crippen molar-refractivity contribution < 1.29 is 19.4 Å². The number of fused-ring (bicyclic) bond motifs is 1. The lowest BCUT2D eigenvalue weighted by Gasteiger charge is -2.13. The molecule has 6 heteroatoms. The Balaban J connectivity index is 2.11. The van der Waals surface area contributed by atoms with Gasteiger partial charge in [0, 0.05) is 12.8 Å². The zero-order valence-corrected chi connectivity index (χ0v) is 9.68. The van der Waals surface area contributed by atoms with E-state index in [4.69, 9.17) is 15.6 Å². The number of carbonyl (C=O) groups is 2. The second-order valence-electron chi connectivity index (χ2n) is 4.15. The molecule has 18 heavy (non-hydrogen) atoms. The van der Waals surface area contributed by atoms with Crippen molar-refractivity contribution in [2.45, 2.75) is 18.9 Å². The maximum absolute atomic E-state index is 11.1. The van der Waals surface area contributed by atoms with Crippen molar-refractivity contribution in [2.24, 2.45) is 5.73 Å². The van der Waals surface area contributed by atoms with E-state index in [-0.39, 0.29) is 6.42 Å². The van der Waals surface area contributed by atoms with Crippen LogP contribution in [0.5, 0.6) is 5.75 Å². The predicted molar refractivity (Wildman–Crippen MR) is 63.5 cm³/mol. The molecule has 6 nitrogen and oxygen atoms in total. The van der Waals surface area contributed by atoms with Crippen molar-refractivity contribution in [2.75, 3.05) is 6.61 Å². The van der Waals surface area contributed by atoms with Crippen LogP contribution in [-0.4, -0.2) is 29.8 Å². The normalized spacial score (nSPS) is 14.4. The van der Waals surface area contributed by atoms with Crippen LogP contribution in [-0.2, 0) is 17.6 Å². The highest BCUT2D eigenvalue weighted by Crippen LogP contribution is 2.26. The van der Waals surface area contributed by atoms with Gasteiger partial charge in [-0.05, 0) is 17.2 Å². The van der Waals surface area contributed by atoms with E-state index < -0.39 is 18.0 Å². The number of carboxylic acid groups (broad SMARTS) is 1. The van der Waals surface area contributed by atoms with Crippen LogP contribution in [0.4, 0.5) is 4.79 Å². The third-order valence-corrected chi connectivity index (χ3v) is 2.83. The molecule has 0 aliphatic carbocycles. The molecule has 0 saturated heterocycles. The molecule has 96 valence electrons. The van der Waals surface area contributed by atoms with E-state index in [9.17, 15) is 9.59 Å².